The maximum absolute atomic E-state index is 13.1. The van der Waals surface area contributed by atoms with Crippen LogP contribution in [0.3, 0.4) is 0 Å². The summed E-state index contributed by atoms with van der Waals surface area (Å²) in [5.74, 6) is 0.202. The maximum Gasteiger partial charge on any atom is 0.295 e. The Labute approximate surface area is 204 Å². The second-order valence-corrected chi connectivity index (χ2v) is 8.75. The largest absolute Gasteiger partial charge is 0.507 e. The average Bonchev–Trinajstić information content (AvgIpc) is 3.46. The number of benzene rings is 2. The molecule has 0 spiro atoms. The van der Waals surface area contributed by atoms with Crippen LogP contribution < -0.4 is 9.47 Å². The number of aryl methyl sites for hydroxylation is 1. The van der Waals surface area contributed by atoms with E-state index in [-0.39, 0.29) is 24.0 Å². The van der Waals surface area contributed by atoms with Gasteiger partial charge in [-0.05, 0) is 80.8 Å². The highest BCUT2D eigenvalue weighted by molar-refractivity contribution is 6.46. The Hall–Kier alpha value is -4.00. The normalized spacial score (nSPS) is 17.3. The molecule has 1 aromatic heterocycles. The number of hydrogen-bond acceptors (Lipinski definition) is 6. The molecule has 0 bridgehead atoms. The highest BCUT2D eigenvalue weighted by Crippen LogP contribution is 2.40. The molecule has 1 N–H and O–H groups in total. The molecule has 2 heterocycles. The number of carbonyl (C=O) groups is 2. The molecule has 182 valence electrons. The Morgan fingerprint density at radius 2 is 1.86 bits per heavy atom. The molecule has 3 aromatic rings. The van der Waals surface area contributed by atoms with E-state index in [4.69, 9.17) is 13.9 Å². The molecular formula is C28H29NO6. The number of likely N-dealkylation sites (tertiary alicyclic amines) is 1. The van der Waals surface area contributed by atoms with E-state index in [0.717, 1.165) is 16.9 Å². The van der Waals surface area contributed by atoms with Crippen LogP contribution in [-0.4, -0.2) is 41.5 Å². The van der Waals surface area contributed by atoms with E-state index in [0.29, 0.717) is 23.5 Å². The first-order valence-electron chi connectivity index (χ1n) is 11.5. The van der Waals surface area contributed by atoms with Crippen molar-refractivity contribution in [1.82, 2.24) is 4.90 Å². The van der Waals surface area contributed by atoms with E-state index in [9.17, 15) is 14.7 Å². The lowest BCUT2D eigenvalue weighted by atomic mass is 9.98. The van der Waals surface area contributed by atoms with Crippen LogP contribution in [0.15, 0.2) is 70.9 Å². The number of ether oxygens (including phenoxy) is 2. The Bertz CT molecular complexity index is 1240. The van der Waals surface area contributed by atoms with Gasteiger partial charge < -0.3 is 23.9 Å². The third-order valence-electron chi connectivity index (χ3n) is 5.96. The Kier molecular flexibility index (Phi) is 6.96. The minimum absolute atomic E-state index is 0.00289. The van der Waals surface area contributed by atoms with Gasteiger partial charge in [0.15, 0.2) is 0 Å². The summed E-state index contributed by atoms with van der Waals surface area (Å²) in [5, 5.41) is 11.2. The van der Waals surface area contributed by atoms with Crippen molar-refractivity contribution in [2.24, 2.45) is 0 Å². The van der Waals surface area contributed by atoms with Gasteiger partial charge >= 0.3 is 0 Å². The fourth-order valence-corrected chi connectivity index (χ4v) is 4.23. The van der Waals surface area contributed by atoms with Gasteiger partial charge in [-0.3, -0.25) is 9.59 Å². The number of aliphatic hydroxyl groups is 1. The van der Waals surface area contributed by atoms with Gasteiger partial charge in [0.1, 0.15) is 29.1 Å². The summed E-state index contributed by atoms with van der Waals surface area (Å²) in [6.07, 6.45) is 2.01. The van der Waals surface area contributed by atoms with Crippen LogP contribution in [0.25, 0.3) is 5.76 Å². The summed E-state index contributed by atoms with van der Waals surface area (Å²) in [6.45, 7) is 6.01. The van der Waals surface area contributed by atoms with E-state index in [1.54, 1.807) is 37.4 Å². The predicted molar refractivity (Wildman–Crippen MR) is 131 cm³/mol. The highest BCUT2D eigenvalue weighted by atomic mass is 16.5. The number of furan rings is 1. The zero-order valence-electron chi connectivity index (χ0n) is 20.3. The van der Waals surface area contributed by atoms with E-state index in [2.05, 4.69) is 0 Å². The minimum Gasteiger partial charge on any atom is -0.507 e. The molecule has 1 aliphatic rings. The first-order chi connectivity index (χ1) is 16.8. The molecule has 1 unspecified atom stereocenters. The number of nitrogens with zero attached hydrogens (tertiary/aromatic N) is 1. The number of aliphatic hydroxyl groups excluding tert-OH is 1. The number of rotatable bonds is 8. The molecule has 1 aliphatic heterocycles. The molecular weight excluding hydrogens is 446 g/mol. The molecule has 2 aromatic carbocycles. The lowest BCUT2D eigenvalue weighted by Crippen LogP contribution is -2.31. The number of methoxy groups -OCH3 is 1. The zero-order valence-corrected chi connectivity index (χ0v) is 20.3. The fraction of sp³-hybridized carbons (Fsp3) is 0.286. The quantitative estimate of drug-likeness (QED) is 0.279. The topological polar surface area (TPSA) is 89.2 Å². The van der Waals surface area contributed by atoms with Crippen molar-refractivity contribution in [1.29, 1.82) is 0 Å². The predicted octanol–water partition coefficient (Wildman–Crippen LogP) is 5.05. The molecule has 1 saturated heterocycles. The molecule has 7 heteroatoms. The second-order valence-electron chi connectivity index (χ2n) is 8.75. The van der Waals surface area contributed by atoms with Crippen LogP contribution in [0.2, 0.25) is 0 Å². The first kappa shape index (κ1) is 24.1. The monoisotopic (exact) mass is 475 g/mol. The van der Waals surface area contributed by atoms with Gasteiger partial charge in [0, 0.05) is 12.1 Å². The van der Waals surface area contributed by atoms with Gasteiger partial charge in [-0.1, -0.05) is 12.1 Å². The summed E-state index contributed by atoms with van der Waals surface area (Å²) < 4.78 is 16.6. The Morgan fingerprint density at radius 1 is 1.11 bits per heavy atom. The third kappa shape index (κ3) is 4.94. The van der Waals surface area contributed by atoms with E-state index >= 15 is 0 Å². The van der Waals surface area contributed by atoms with Crippen LogP contribution in [0.5, 0.6) is 11.5 Å². The third-order valence-corrected chi connectivity index (χ3v) is 5.96. The number of Topliss-reactive ketones (excluding diaryl/α,β-unsaturated/α-hetero) is 1. The van der Waals surface area contributed by atoms with E-state index in [1.165, 1.54) is 11.2 Å². The summed E-state index contributed by atoms with van der Waals surface area (Å²) >= 11 is 0. The number of ketones is 1. The molecule has 0 saturated carbocycles. The Morgan fingerprint density at radius 3 is 2.46 bits per heavy atom. The van der Waals surface area contributed by atoms with Crippen molar-refractivity contribution >= 4 is 17.4 Å². The van der Waals surface area contributed by atoms with Crippen molar-refractivity contribution in [3.05, 3.63) is 88.9 Å². The van der Waals surface area contributed by atoms with Crippen LogP contribution in [0.1, 0.15) is 42.3 Å². The van der Waals surface area contributed by atoms with Gasteiger partial charge in [-0.15, -0.1) is 0 Å². The van der Waals surface area contributed by atoms with E-state index in [1.807, 2.05) is 45.0 Å². The van der Waals surface area contributed by atoms with Crippen LogP contribution in [0, 0.1) is 6.92 Å². The van der Waals surface area contributed by atoms with Crippen LogP contribution >= 0.6 is 0 Å². The SMILES string of the molecule is COc1ccc(CCN2C(=O)C(=O)/C(=C(\O)c3ccc(OC(C)C)c(C)c3)C2c2ccco2)cc1. The second kappa shape index (κ2) is 10.1. The average molecular weight is 476 g/mol. The van der Waals surface area contributed by atoms with Crippen molar-refractivity contribution < 1.29 is 28.6 Å². The van der Waals surface area contributed by atoms with Gasteiger partial charge in [0.05, 0.1) is 25.1 Å². The lowest BCUT2D eigenvalue weighted by molar-refractivity contribution is -0.140. The standard InChI is InChI=1S/C28H29NO6/c1-17(2)35-22-12-9-20(16-18(22)3)26(30)24-25(23-6-5-15-34-23)29(28(32)27(24)31)14-13-19-7-10-21(33-4)11-8-19/h5-12,15-17,25,30H,13-14H2,1-4H3/b26-24-. The number of carbonyl (C=O) groups excluding carboxylic acids is 2. The lowest BCUT2D eigenvalue weighted by Gasteiger charge is -2.23. The Balaban J connectivity index is 1.69. The smallest absolute Gasteiger partial charge is 0.295 e. The molecule has 35 heavy (non-hydrogen) atoms. The zero-order chi connectivity index (χ0) is 25.1. The molecule has 7 nitrogen and oxygen atoms in total. The minimum atomic E-state index is -0.824. The number of hydrogen-bond donors (Lipinski definition) is 1. The molecule has 4 rings (SSSR count). The van der Waals surface area contributed by atoms with Crippen molar-refractivity contribution in [3.63, 3.8) is 0 Å². The molecule has 0 radical (unpaired) electrons. The van der Waals surface area contributed by atoms with Crippen LogP contribution in [-0.2, 0) is 16.0 Å². The van der Waals surface area contributed by atoms with E-state index < -0.39 is 17.7 Å². The van der Waals surface area contributed by atoms with Gasteiger partial charge in [-0.25, -0.2) is 0 Å². The highest BCUT2D eigenvalue weighted by Gasteiger charge is 2.47. The summed E-state index contributed by atoms with van der Waals surface area (Å²) in [7, 11) is 1.60. The molecule has 1 amide bonds. The van der Waals surface area contributed by atoms with Crippen molar-refractivity contribution in [2.45, 2.75) is 39.3 Å². The van der Waals surface area contributed by atoms with Crippen LogP contribution in [0.4, 0.5) is 0 Å². The van der Waals surface area contributed by atoms with Gasteiger partial charge in [-0.2, -0.15) is 0 Å². The molecule has 0 aliphatic carbocycles. The van der Waals surface area contributed by atoms with Gasteiger partial charge in [0.2, 0.25) is 0 Å². The number of amides is 1. The first-order valence-corrected chi connectivity index (χ1v) is 11.5. The molecule has 1 atom stereocenters. The van der Waals surface area contributed by atoms with Gasteiger partial charge in [0.25, 0.3) is 11.7 Å². The summed E-state index contributed by atoms with van der Waals surface area (Å²) in [5.41, 5.74) is 2.24. The van der Waals surface area contributed by atoms with Crippen molar-refractivity contribution in [3.8, 4) is 11.5 Å². The fourth-order valence-electron chi connectivity index (χ4n) is 4.23. The van der Waals surface area contributed by atoms with Crippen molar-refractivity contribution in [2.75, 3.05) is 13.7 Å². The maximum atomic E-state index is 13.1. The summed E-state index contributed by atoms with van der Waals surface area (Å²) in [4.78, 5) is 27.7. The summed E-state index contributed by atoms with van der Waals surface area (Å²) in [6, 6.07) is 15.3. The molecule has 1 fully saturated rings.